The maximum Gasteiger partial charge on any atom is 0.443 e. The normalized spacial score (nSPS) is 20.2. The van der Waals surface area contributed by atoms with Crippen LogP contribution in [0.3, 0.4) is 0 Å². The van der Waals surface area contributed by atoms with Crippen molar-refractivity contribution < 1.29 is 28.4 Å². The van der Waals surface area contributed by atoms with E-state index in [2.05, 4.69) is 4.36 Å². The Kier molecular flexibility index (Phi) is 5.92. The van der Waals surface area contributed by atoms with E-state index >= 15 is 0 Å². The van der Waals surface area contributed by atoms with E-state index in [-0.39, 0.29) is 11.4 Å². The van der Waals surface area contributed by atoms with Gasteiger partial charge < -0.3 is 14.6 Å². The van der Waals surface area contributed by atoms with E-state index in [4.69, 9.17) is 9.47 Å². The zero-order valence-electron chi connectivity index (χ0n) is 15.3. The van der Waals surface area contributed by atoms with Crippen molar-refractivity contribution in [2.24, 2.45) is 4.36 Å². The van der Waals surface area contributed by atoms with Crippen molar-refractivity contribution in [2.45, 2.75) is 50.2 Å². The summed E-state index contributed by atoms with van der Waals surface area (Å²) >= 11 is 0. The van der Waals surface area contributed by atoms with Gasteiger partial charge >= 0.3 is 12.1 Å². The number of ether oxygens (including phenoxy) is 2. The Morgan fingerprint density at radius 1 is 1.27 bits per heavy atom. The topological polar surface area (TPSA) is 105 Å². The van der Waals surface area contributed by atoms with Gasteiger partial charge in [0.2, 0.25) is 0 Å². The number of methoxy groups -OCH3 is 1. The number of aliphatic carboxylic acids is 1. The minimum absolute atomic E-state index is 0.234. The summed E-state index contributed by atoms with van der Waals surface area (Å²) in [5, 5.41) is 9.45. The molecular weight excluding hydrogens is 360 g/mol. The van der Waals surface area contributed by atoms with Crippen LogP contribution in [-0.2, 0) is 19.4 Å². The van der Waals surface area contributed by atoms with E-state index in [1.165, 1.54) is 23.5 Å². The van der Waals surface area contributed by atoms with Crippen LogP contribution >= 0.6 is 0 Å². The molecule has 144 valence electrons. The lowest BCUT2D eigenvalue weighted by atomic mass is 10.2. The molecular formula is C17H24N2O6S. The molecule has 2 rings (SSSR count). The average Bonchev–Trinajstić information content (AvgIpc) is 3.03. The van der Waals surface area contributed by atoms with Gasteiger partial charge in [0.05, 0.1) is 12.0 Å². The molecule has 1 heterocycles. The molecule has 1 saturated heterocycles. The smallest absolute Gasteiger partial charge is 0.443 e. The van der Waals surface area contributed by atoms with Gasteiger partial charge in [-0.3, -0.25) is 4.79 Å². The Balaban J connectivity index is 2.55. The summed E-state index contributed by atoms with van der Waals surface area (Å²) in [6.45, 7) is 5.27. The third-order valence-electron chi connectivity index (χ3n) is 3.76. The molecule has 1 aromatic carbocycles. The van der Waals surface area contributed by atoms with Crippen LogP contribution in [0.25, 0.3) is 0 Å². The second-order valence-corrected chi connectivity index (χ2v) is 9.00. The second kappa shape index (κ2) is 7.63. The summed E-state index contributed by atoms with van der Waals surface area (Å²) in [6.07, 6.45) is -0.102. The first-order valence-electron chi connectivity index (χ1n) is 8.20. The molecule has 2 atom stereocenters. The van der Waals surface area contributed by atoms with Gasteiger partial charge in [0.25, 0.3) is 0 Å². The summed E-state index contributed by atoms with van der Waals surface area (Å²) in [6, 6.07) is 5.24. The zero-order valence-corrected chi connectivity index (χ0v) is 16.1. The van der Waals surface area contributed by atoms with Crippen LogP contribution in [-0.4, -0.2) is 51.0 Å². The van der Waals surface area contributed by atoms with Gasteiger partial charge in [0.15, 0.2) is 9.92 Å². The summed E-state index contributed by atoms with van der Waals surface area (Å²) in [4.78, 5) is 24.0. The fourth-order valence-corrected chi connectivity index (χ4v) is 4.79. The maximum atomic E-state index is 13.8. The molecule has 0 saturated carbocycles. The highest BCUT2D eigenvalue weighted by Crippen LogP contribution is 2.30. The lowest BCUT2D eigenvalue weighted by molar-refractivity contribution is -0.140. The molecule has 0 bridgehead atoms. The first-order chi connectivity index (χ1) is 12.1. The Morgan fingerprint density at radius 2 is 1.88 bits per heavy atom. The first-order valence-corrected chi connectivity index (χ1v) is 9.68. The quantitative estimate of drug-likeness (QED) is 0.856. The van der Waals surface area contributed by atoms with Crippen molar-refractivity contribution in [3.63, 3.8) is 0 Å². The SMILES string of the molecule is COc1ccc(S(=O)(=NC(=O)OC(C)(C)C)N2CCC[C@H]2C(=O)O)cc1. The summed E-state index contributed by atoms with van der Waals surface area (Å²) in [5.41, 5.74) is -0.807. The van der Waals surface area contributed by atoms with E-state index in [0.29, 0.717) is 18.6 Å². The van der Waals surface area contributed by atoms with Gasteiger partial charge in [-0.1, -0.05) is 0 Å². The maximum absolute atomic E-state index is 13.8. The van der Waals surface area contributed by atoms with Gasteiger partial charge in [-0.15, -0.1) is 4.36 Å². The van der Waals surface area contributed by atoms with Crippen LogP contribution in [0.4, 0.5) is 4.79 Å². The van der Waals surface area contributed by atoms with Crippen LogP contribution in [0.5, 0.6) is 5.75 Å². The summed E-state index contributed by atoms with van der Waals surface area (Å²) in [7, 11) is -1.99. The number of rotatable bonds is 4. The average molecular weight is 384 g/mol. The van der Waals surface area contributed by atoms with Gasteiger partial charge in [-0.2, -0.15) is 4.31 Å². The molecule has 1 aromatic rings. The van der Waals surface area contributed by atoms with E-state index in [1.54, 1.807) is 32.9 Å². The molecule has 8 nitrogen and oxygen atoms in total. The number of carbonyl (C=O) groups excluding carboxylic acids is 1. The van der Waals surface area contributed by atoms with Gasteiger partial charge in [0.1, 0.15) is 17.4 Å². The third kappa shape index (κ3) is 4.53. The number of carboxylic acid groups (broad SMARTS) is 1. The molecule has 1 aliphatic heterocycles. The number of hydrogen-bond acceptors (Lipinski definition) is 5. The molecule has 1 amide bonds. The number of benzene rings is 1. The van der Waals surface area contributed by atoms with Gasteiger partial charge in [0, 0.05) is 6.54 Å². The van der Waals surface area contributed by atoms with E-state index < -0.39 is 33.6 Å². The third-order valence-corrected chi connectivity index (χ3v) is 6.12. The number of nitrogens with zero attached hydrogens (tertiary/aromatic N) is 2. The predicted molar refractivity (Wildman–Crippen MR) is 95.4 cm³/mol. The molecule has 26 heavy (non-hydrogen) atoms. The van der Waals surface area contributed by atoms with Crippen LogP contribution < -0.4 is 4.74 Å². The minimum atomic E-state index is -3.49. The predicted octanol–water partition coefficient (Wildman–Crippen LogP) is 2.92. The number of carboxylic acids is 1. The van der Waals surface area contributed by atoms with Crippen molar-refractivity contribution in [1.29, 1.82) is 0 Å². The monoisotopic (exact) mass is 384 g/mol. The van der Waals surface area contributed by atoms with Gasteiger partial charge in [-0.05, 0) is 57.9 Å². The summed E-state index contributed by atoms with van der Waals surface area (Å²) < 4.78 is 29.1. The van der Waals surface area contributed by atoms with Crippen LogP contribution in [0, 0.1) is 0 Å². The Morgan fingerprint density at radius 3 is 2.38 bits per heavy atom. The van der Waals surface area contributed by atoms with Crippen molar-refractivity contribution in [3.05, 3.63) is 24.3 Å². The first kappa shape index (κ1) is 20.2. The van der Waals surface area contributed by atoms with Gasteiger partial charge in [-0.25, -0.2) is 9.00 Å². The molecule has 9 heteroatoms. The van der Waals surface area contributed by atoms with Crippen LogP contribution in [0.15, 0.2) is 33.5 Å². The Labute approximate surface area is 153 Å². The highest BCUT2D eigenvalue weighted by atomic mass is 32.2. The van der Waals surface area contributed by atoms with Crippen LogP contribution in [0.1, 0.15) is 33.6 Å². The highest BCUT2D eigenvalue weighted by Gasteiger charge is 2.39. The standard InChI is InChI=1S/C17H24N2O6S/c1-17(2,3)25-16(22)18-26(23,13-9-7-12(24-4)8-10-13)19-11-5-6-14(19)15(20)21/h7-10,14H,5-6,11H2,1-4H3,(H,20,21)/t14-,26?/m0/s1. The molecule has 0 aromatic heterocycles. The molecule has 1 aliphatic rings. The van der Waals surface area contributed by atoms with Crippen molar-refractivity contribution in [3.8, 4) is 5.75 Å². The number of hydrogen-bond donors (Lipinski definition) is 1. The van der Waals surface area contributed by atoms with Crippen LogP contribution in [0.2, 0.25) is 0 Å². The van der Waals surface area contributed by atoms with E-state index in [1.807, 2.05) is 0 Å². The van der Waals surface area contributed by atoms with E-state index in [9.17, 15) is 18.9 Å². The highest BCUT2D eigenvalue weighted by molar-refractivity contribution is 7.91. The van der Waals surface area contributed by atoms with E-state index in [0.717, 1.165) is 0 Å². The minimum Gasteiger partial charge on any atom is -0.497 e. The molecule has 1 fully saturated rings. The summed E-state index contributed by atoms with van der Waals surface area (Å²) in [5.74, 6) is -0.549. The lowest BCUT2D eigenvalue weighted by Crippen LogP contribution is -2.40. The molecule has 1 N–H and O–H groups in total. The molecule has 0 radical (unpaired) electrons. The Bertz CT molecular complexity index is 790. The second-order valence-electron chi connectivity index (χ2n) is 6.88. The lowest BCUT2D eigenvalue weighted by Gasteiger charge is -2.25. The zero-order chi connectivity index (χ0) is 19.5. The van der Waals surface area contributed by atoms with Crippen molar-refractivity contribution in [1.82, 2.24) is 4.31 Å². The molecule has 0 aliphatic carbocycles. The fourth-order valence-electron chi connectivity index (χ4n) is 2.66. The van der Waals surface area contributed by atoms with Crippen molar-refractivity contribution >= 4 is 22.0 Å². The molecule has 1 unspecified atom stereocenters. The number of amides is 1. The Hall–Kier alpha value is -2.13. The molecule has 0 spiro atoms. The fraction of sp³-hybridized carbons (Fsp3) is 0.529. The number of carbonyl (C=O) groups is 2. The van der Waals surface area contributed by atoms with Crippen molar-refractivity contribution in [2.75, 3.05) is 13.7 Å². The largest absolute Gasteiger partial charge is 0.497 e.